The third-order valence-electron chi connectivity index (χ3n) is 9.14. The predicted octanol–water partition coefficient (Wildman–Crippen LogP) is 5.83. The Bertz CT molecular complexity index is 1860. The van der Waals surface area contributed by atoms with Gasteiger partial charge in [0.2, 0.25) is 11.7 Å². The number of hydrogen-bond donors (Lipinski definition) is 2. The number of carboxylic acid groups (broad SMARTS) is 1. The first-order valence-electron chi connectivity index (χ1n) is 16.1. The summed E-state index contributed by atoms with van der Waals surface area (Å²) in [5.74, 6) is -0.286. The topological polar surface area (TPSA) is 134 Å². The predicted molar refractivity (Wildman–Crippen MR) is 179 cm³/mol. The lowest BCUT2D eigenvalue weighted by Crippen LogP contribution is -2.55. The number of amides is 2. The van der Waals surface area contributed by atoms with Crippen molar-refractivity contribution in [3.63, 3.8) is 0 Å². The summed E-state index contributed by atoms with van der Waals surface area (Å²) in [6.07, 6.45) is -1.56. The summed E-state index contributed by atoms with van der Waals surface area (Å²) in [7, 11) is 1.64. The summed E-state index contributed by atoms with van der Waals surface area (Å²) in [5, 5.41) is 16.1. The number of allylic oxidation sites excluding steroid dienone is 1. The molecule has 2 aliphatic rings. The van der Waals surface area contributed by atoms with Gasteiger partial charge in [0, 0.05) is 32.8 Å². The summed E-state index contributed by atoms with van der Waals surface area (Å²) in [6, 6.07) is 2.23. The normalized spacial score (nSPS) is 18.9. The summed E-state index contributed by atoms with van der Waals surface area (Å²) >= 11 is 6.33. The SMILES string of the molecule is CCc1c(N2CCN(C(=O)O)[C@H](C)C2)c(=O)n2nc(C3=CCC(OC)CC3)nc2n1CC(=O)Nc1ccc(C(C)(C)C)c(C(F)(F)F)c1Cl. The van der Waals surface area contributed by atoms with Gasteiger partial charge in [-0.2, -0.15) is 22.7 Å². The van der Waals surface area contributed by atoms with Crippen molar-refractivity contribution in [3.8, 4) is 0 Å². The number of ether oxygens (including phenoxy) is 1. The van der Waals surface area contributed by atoms with Crippen LogP contribution in [0.4, 0.5) is 29.3 Å². The first kappa shape index (κ1) is 36.2. The van der Waals surface area contributed by atoms with E-state index in [0.717, 1.165) is 16.5 Å². The van der Waals surface area contributed by atoms with Gasteiger partial charge in [-0.25, -0.2) is 4.79 Å². The van der Waals surface area contributed by atoms with Gasteiger partial charge in [0.05, 0.1) is 28.1 Å². The molecule has 2 aromatic heterocycles. The van der Waals surface area contributed by atoms with Gasteiger partial charge in [-0.05, 0) is 55.2 Å². The lowest BCUT2D eigenvalue weighted by molar-refractivity contribution is -0.138. The molecule has 16 heteroatoms. The molecular formula is C33H41ClF3N7O5. The van der Waals surface area contributed by atoms with E-state index in [-0.39, 0.29) is 54.9 Å². The third kappa shape index (κ3) is 7.14. The number of halogens is 4. The lowest BCUT2D eigenvalue weighted by Gasteiger charge is -2.39. The molecule has 12 nitrogen and oxygen atoms in total. The molecule has 3 heterocycles. The lowest BCUT2D eigenvalue weighted by atomic mass is 9.83. The standard InChI is InChI=1S/C33H41ClF3N7O5/c1-7-23-27(41-14-15-42(31(47)48)18(2)16-41)29(46)44-30(39-28(40-44)19-8-10-20(49-6)11-9-19)43(23)17-24(45)38-22-13-12-21(32(3,4)5)25(26(22)34)33(35,36)37/h8,12-13,18,20H,7,9-11,14-17H2,1-6H3,(H,38,45)(H,47,48)/t18-,20?/m1/s1. The minimum Gasteiger partial charge on any atom is -0.465 e. The summed E-state index contributed by atoms with van der Waals surface area (Å²) in [5.41, 5.74) is -1.06. The van der Waals surface area contributed by atoms with Crippen LogP contribution >= 0.6 is 11.6 Å². The number of nitrogens with zero attached hydrogens (tertiary/aromatic N) is 6. The molecule has 1 aliphatic carbocycles. The highest BCUT2D eigenvalue weighted by atomic mass is 35.5. The number of alkyl halides is 3. The molecule has 1 unspecified atom stereocenters. The zero-order valence-electron chi connectivity index (χ0n) is 28.3. The van der Waals surface area contributed by atoms with Crippen molar-refractivity contribution in [2.45, 2.75) is 90.6 Å². The molecule has 1 saturated heterocycles. The Hall–Kier alpha value is -4.11. The summed E-state index contributed by atoms with van der Waals surface area (Å²) in [6.45, 7) is 8.65. The molecule has 2 atom stereocenters. The molecule has 0 radical (unpaired) electrons. The molecule has 0 saturated carbocycles. The maximum atomic E-state index is 14.2. The van der Waals surface area contributed by atoms with Gasteiger partial charge in [0.15, 0.2) is 5.82 Å². The molecule has 1 fully saturated rings. The average Bonchev–Trinajstić information content (AvgIpc) is 3.48. The molecule has 2 amide bonds. The number of methoxy groups -OCH3 is 1. The van der Waals surface area contributed by atoms with E-state index in [4.69, 9.17) is 21.3 Å². The fourth-order valence-corrected chi connectivity index (χ4v) is 6.96. The average molecular weight is 708 g/mol. The Labute approximate surface area is 286 Å². The van der Waals surface area contributed by atoms with E-state index in [0.29, 0.717) is 24.4 Å². The number of carbonyl (C=O) groups excluding carboxylic acids is 1. The Morgan fingerprint density at radius 3 is 2.45 bits per heavy atom. The highest BCUT2D eigenvalue weighted by Gasteiger charge is 2.40. The van der Waals surface area contributed by atoms with Crippen LogP contribution in [0.2, 0.25) is 5.02 Å². The molecule has 0 spiro atoms. The third-order valence-corrected chi connectivity index (χ3v) is 9.54. The van der Waals surface area contributed by atoms with Gasteiger partial charge in [-0.3, -0.25) is 9.59 Å². The van der Waals surface area contributed by atoms with Crippen LogP contribution in [-0.4, -0.2) is 80.1 Å². The van der Waals surface area contributed by atoms with Crippen molar-refractivity contribution in [2.75, 3.05) is 37.0 Å². The van der Waals surface area contributed by atoms with Crippen LogP contribution in [0, 0.1) is 0 Å². The van der Waals surface area contributed by atoms with Gasteiger partial charge in [0.25, 0.3) is 5.56 Å². The van der Waals surface area contributed by atoms with E-state index in [1.54, 1.807) is 44.3 Å². The van der Waals surface area contributed by atoms with Crippen molar-refractivity contribution < 1.29 is 32.6 Å². The highest BCUT2D eigenvalue weighted by molar-refractivity contribution is 6.34. The fourth-order valence-electron chi connectivity index (χ4n) is 6.65. The smallest absolute Gasteiger partial charge is 0.418 e. The molecule has 2 N–H and O–H groups in total. The fraction of sp³-hybridized carbons (Fsp3) is 0.545. The molecule has 5 rings (SSSR count). The maximum Gasteiger partial charge on any atom is 0.418 e. The Kier molecular flexibility index (Phi) is 10.1. The number of fused-ring (bicyclic) bond motifs is 1. The van der Waals surface area contributed by atoms with Gasteiger partial charge in [-0.15, -0.1) is 5.10 Å². The van der Waals surface area contributed by atoms with Crippen LogP contribution in [-0.2, 0) is 34.1 Å². The second-order valence-corrected chi connectivity index (χ2v) is 13.8. The maximum absolute atomic E-state index is 14.2. The first-order valence-corrected chi connectivity index (χ1v) is 16.5. The molecule has 49 heavy (non-hydrogen) atoms. The van der Waals surface area contributed by atoms with Gasteiger partial charge < -0.3 is 29.5 Å². The molecule has 3 aromatic rings. The van der Waals surface area contributed by atoms with Crippen LogP contribution in [0.3, 0.4) is 0 Å². The van der Waals surface area contributed by atoms with Gasteiger partial charge in [-0.1, -0.05) is 51.4 Å². The van der Waals surface area contributed by atoms with Crippen LogP contribution in [0.1, 0.15) is 76.5 Å². The largest absolute Gasteiger partial charge is 0.465 e. The van der Waals surface area contributed by atoms with Crippen LogP contribution in [0.25, 0.3) is 11.4 Å². The zero-order chi connectivity index (χ0) is 36.0. The van der Waals surface area contributed by atoms with Crippen molar-refractivity contribution in [3.05, 3.63) is 56.2 Å². The second-order valence-electron chi connectivity index (χ2n) is 13.5. The molecule has 0 bridgehead atoms. The first-order chi connectivity index (χ1) is 23.0. The number of rotatable bonds is 7. The van der Waals surface area contributed by atoms with Crippen molar-refractivity contribution in [1.82, 2.24) is 24.1 Å². The zero-order valence-corrected chi connectivity index (χ0v) is 29.1. The monoisotopic (exact) mass is 707 g/mol. The molecule has 1 aromatic carbocycles. The van der Waals surface area contributed by atoms with E-state index in [1.807, 2.05) is 13.0 Å². The van der Waals surface area contributed by atoms with Crippen LogP contribution in [0.15, 0.2) is 23.0 Å². The minimum absolute atomic E-state index is 0.00919. The highest BCUT2D eigenvalue weighted by Crippen LogP contribution is 2.44. The second kappa shape index (κ2) is 13.7. The molecular weight excluding hydrogens is 667 g/mol. The van der Waals surface area contributed by atoms with Crippen molar-refractivity contribution >= 4 is 46.3 Å². The number of hydrogen-bond acceptors (Lipinski definition) is 7. The van der Waals surface area contributed by atoms with E-state index < -0.39 is 52.3 Å². The number of aromatic nitrogens is 4. The van der Waals surface area contributed by atoms with Crippen molar-refractivity contribution in [2.24, 2.45) is 0 Å². The minimum atomic E-state index is -4.77. The quantitative estimate of drug-likeness (QED) is 0.313. The molecule has 266 valence electrons. The van der Waals surface area contributed by atoms with Crippen LogP contribution in [0.5, 0.6) is 0 Å². The van der Waals surface area contributed by atoms with E-state index in [2.05, 4.69) is 10.4 Å². The Morgan fingerprint density at radius 1 is 1.18 bits per heavy atom. The number of piperazine rings is 1. The van der Waals surface area contributed by atoms with E-state index >= 15 is 0 Å². The number of anilines is 2. The van der Waals surface area contributed by atoms with E-state index in [1.165, 1.54) is 17.0 Å². The van der Waals surface area contributed by atoms with Crippen molar-refractivity contribution in [1.29, 1.82) is 0 Å². The van der Waals surface area contributed by atoms with Gasteiger partial charge >= 0.3 is 12.3 Å². The number of benzene rings is 1. The van der Waals surface area contributed by atoms with E-state index in [9.17, 15) is 32.7 Å². The Balaban J connectivity index is 1.60. The Morgan fingerprint density at radius 2 is 1.90 bits per heavy atom. The number of nitrogens with one attached hydrogen (secondary N) is 1. The summed E-state index contributed by atoms with van der Waals surface area (Å²) < 4.78 is 50.8. The van der Waals surface area contributed by atoms with Gasteiger partial charge in [0.1, 0.15) is 12.2 Å². The van der Waals surface area contributed by atoms with Crippen LogP contribution < -0.4 is 15.8 Å². The summed E-state index contributed by atoms with van der Waals surface area (Å²) in [4.78, 5) is 47.4. The molecule has 1 aliphatic heterocycles. The number of carbonyl (C=O) groups is 2.